The van der Waals surface area contributed by atoms with Gasteiger partial charge < -0.3 is 10.1 Å². The number of aromatic nitrogens is 2. The zero-order chi connectivity index (χ0) is 22.7. The standard InChI is InChI=1S/C21H26N4O5S2/c1-2-30-21(27)18-20(31-24-23-18)22-19(26)15-9-11-25(12-10-15)32(28,29)17-8-7-14-5-3-4-6-16(14)13-17/h7-8,13,15H,2-6,9-12H2,1H3,(H,22,26). The maximum atomic E-state index is 13.1. The molecule has 1 fully saturated rings. The molecular formula is C21H26N4O5S2. The second-order valence-electron chi connectivity index (χ2n) is 7.98. The number of amides is 1. The van der Waals surface area contributed by atoms with Crippen molar-refractivity contribution in [1.82, 2.24) is 13.9 Å². The van der Waals surface area contributed by atoms with Crippen LogP contribution in [0.1, 0.15) is 54.2 Å². The van der Waals surface area contributed by atoms with Gasteiger partial charge in [0, 0.05) is 30.5 Å². The van der Waals surface area contributed by atoms with Gasteiger partial charge in [0.25, 0.3) is 0 Å². The predicted molar refractivity (Wildman–Crippen MR) is 119 cm³/mol. The van der Waals surface area contributed by atoms with Gasteiger partial charge in [-0.1, -0.05) is 10.6 Å². The van der Waals surface area contributed by atoms with Crippen LogP contribution in [0.4, 0.5) is 5.00 Å². The monoisotopic (exact) mass is 478 g/mol. The van der Waals surface area contributed by atoms with Gasteiger partial charge in [0.05, 0.1) is 11.5 Å². The summed E-state index contributed by atoms with van der Waals surface area (Å²) >= 11 is 0.909. The first kappa shape index (κ1) is 22.8. The van der Waals surface area contributed by atoms with E-state index < -0.39 is 16.0 Å². The van der Waals surface area contributed by atoms with Crippen LogP contribution in [-0.4, -0.2) is 53.9 Å². The zero-order valence-electron chi connectivity index (χ0n) is 17.9. The van der Waals surface area contributed by atoms with E-state index >= 15 is 0 Å². The number of hydrogen-bond acceptors (Lipinski definition) is 8. The van der Waals surface area contributed by atoms with E-state index in [-0.39, 0.29) is 42.2 Å². The molecule has 32 heavy (non-hydrogen) atoms. The fourth-order valence-electron chi connectivity index (χ4n) is 4.20. The van der Waals surface area contributed by atoms with Crippen molar-refractivity contribution in [3.8, 4) is 0 Å². The molecule has 1 saturated heterocycles. The number of esters is 1. The van der Waals surface area contributed by atoms with Crippen molar-refractivity contribution >= 4 is 38.4 Å². The number of anilines is 1. The van der Waals surface area contributed by atoms with Crippen LogP contribution in [0.5, 0.6) is 0 Å². The SMILES string of the molecule is CCOC(=O)c1nnsc1NC(=O)C1CCN(S(=O)(=O)c2ccc3c(c2)CCCC3)CC1. The van der Waals surface area contributed by atoms with Crippen molar-refractivity contribution in [1.29, 1.82) is 0 Å². The fraction of sp³-hybridized carbons (Fsp3) is 0.524. The summed E-state index contributed by atoms with van der Waals surface area (Å²) in [6.45, 7) is 2.41. The van der Waals surface area contributed by atoms with Crippen molar-refractivity contribution in [3.05, 3.63) is 35.0 Å². The number of hydrogen-bond donors (Lipinski definition) is 1. The molecule has 1 aliphatic carbocycles. The largest absolute Gasteiger partial charge is 0.461 e. The highest BCUT2D eigenvalue weighted by Crippen LogP contribution is 2.29. The molecule has 4 rings (SSSR count). The van der Waals surface area contributed by atoms with Gasteiger partial charge in [-0.2, -0.15) is 4.31 Å². The minimum atomic E-state index is -3.60. The zero-order valence-corrected chi connectivity index (χ0v) is 19.5. The predicted octanol–water partition coefficient (Wildman–Crippen LogP) is 2.63. The van der Waals surface area contributed by atoms with Crippen LogP contribution < -0.4 is 5.32 Å². The van der Waals surface area contributed by atoms with Crippen LogP contribution in [0.25, 0.3) is 0 Å². The second kappa shape index (κ2) is 9.63. The summed E-state index contributed by atoms with van der Waals surface area (Å²) in [6, 6.07) is 5.45. The molecule has 2 heterocycles. The van der Waals surface area contributed by atoms with Gasteiger partial charge in [-0.25, -0.2) is 13.2 Å². The molecule has 2 aliphatic rings. The van der Waals surface area contributed by atoms with Crippen molar-refractivity contribution in [2.45, 2.75) is 50.3 Å². The molecule has 9 nitrogen and oxygen atoms in total. The molecule has 11 heteroatoms. The number of piperidine rings is 1. The van der Waals surface area contributed by atoms with E-state index in [0.29, 0.717) is 17.7 Å². The Balaban J connectivity index is 1.38. The average Bonchev–Trinajstić information content (AvgIpc) is 3.27. The number of fused-ring (bicyclic) bond motifs is 1. The van der Waals surface area contributed by atoms with Crippen LogP contribution in [0, 0.1) is 5.92 Å². The first-order valence-corrected chi connectivity index (χ1v) is 13.0. The lowest BCUT2D eigenvalue weighted by atomic mass is 9.92. The van der Waals surface area contributed by atoms with Crippen LogP contribution in [0.3, 0.4) is 0 Å². The van der Waals surface area contributed by atoms with Crippen LogP contribution in [0.15, 0.2) is 23.1 Å². The van der Waals surface area contributed by atoms with E-state index in [4.69, 9.17) is 4.74 Å². The van der Waals surface area contributed by atoms with Crippen molar-refractivity contribution in [2.24, 2.45) is 5.92 Å². The fourth-order valence-corrected chi connectivity index (χ4v) is 6.28. The van der Waals surface area contributed by atoms with Gasteiger partial charge in [-0.3, -0.25) is 4.79 Å². The summed E-state index contributed by atoms with van der Waals surface area (Å²) in [6.07, 6.45) is 4.95. The molecule has 2 aromatic rings. The summed E-state index contributed by atoms with van der Waals surface area (Å²) in [5.74, 6) is -1.27. The third-order valence-electron chi connectivity index (χ3n) is 5.98. The lowest BCUT2D eigenvalue weighted by Gasteiger charge is -2.30. The molecule has 1 aliphatic heterocycles. The Hall–Kier alpha value is -2.37. The molecular weight excluding hydrogens is 452 g/mol. The van der Waals surface area contributed by atoms with E-state index in [1.807, 2.05) is 12.1 Å². The van der Waals surface area contributed by atoms with E-state index in [1.54, 1.807) is 13.0 Å². The van der Waals surface area contributed by atoms with E-state index in [2.05, 4.69) is 14.9 Å². The van der Waals surface area contributed by atoms with E-state index in [9.17, 15) is 18.0 Å². The molecule has 172 valence electrons. The number of aryl methyl sites for hydroxylation is 2. The number of carbonyl (C=O) groups is 2. The summed E-state index contributed by atoms with van der Waals surface area (Å²) in [5.41, 5.74) is 2.35. The van der Waals surface area contributed by atoms with Crippen LogP contribution >= 0.6 is 11.5 Å². The van der Waals surface area contributed by atoms with Gasteiger partial charge in [-0.15, -0.1) is 5.10 Å². The topological polar surface area (TPSA) is 119 Å². The molecule has 0 radical (unpaired) electrons. The number of rotatable bonds is 6. The molecule has 1 aromatic carbocycles. The Kier molecular flexibility index (Phi) is 6.87. The number of benzene rings is 1. The van der Waals surface area contributed by atoms with Crippen molar-refractivity contribution in [3.63, 3.8) is 0 Å². The Morgan fingerprint density at radius 3 is 2.62 bits per heavy atom. The molecule has 0 atom stereocenters. The third-order valence-corrected chi connectivity index (χ3v) is 8.51. The van der Waals surface area contributed by atoms with Gasteiger partial charge in [-0.05, 0) is 68.7 Å². The quantitative estimate of drug-likeness (QED) is 0.634. The summed E-state index contributed by atoms with van der Waals surface area (Å²) in [5, 5.41) is 6.69. The first-order chi connectivity index (χ1) is 15.4. The van der Waals surface area contributed by atoms with Crippen LogP contribution in [0.2, 0.25) is 0 Å². The lowest BCUT2D eigenvalue weighted by molar-refractivity contribution is -0.120. The maximum Gasteiger partial charge on any atom is 0.362 e. The number of sulfonamides is 1. The van der Waals surface area contributed by atoms with E-state index in [0.717, 1.165) is 42.8 Å². The van der Waals surface area contributed by atoms with Crippen LogP contribution in [-0.2, 0) is 32.4 Å². The highest BCUT2D eigenvalue weighted by Gasteiger charge is 2.33. The maximum absolute atomic E-state index is 13.1. The summed E-state index contributed by atoms with van der Waals surface area (Å²) in [7, 11) is -3.60. The molecule has 0 bridgehead atoms. The second-order valence-corrected chi connectivity index (χ2v) is 10.7. The summed E-state index contributed by atoms with van der Waals surface area (Å²) in [4.78, 5) is 25.0. The average molecular weight is 479 g/mol. The number of ether oxygens (including phenoxy) is 1. The number of nitrogens with zero attached hydrogens (tertiary/aromatic N) is 3. The smallest absolute Gasteiger partial charge is 0.362 e. The highest BCUT2D eigenvalue weighted by molar-refractivity contribution is 7.89. The lowest BCUT2D eigenvalue weighted by Crippen LogP contribution is -2.41. The number of nitrogens with one attached hydrogen (secondary N) is 1. The minimum absolute atomic E-state index is 0.0161. The Labute approximate surface area is 191 Å². The molecule has 1 amide bonds. The molecule has 0 spiro atoms. The highest BCUT2D eigenvalue weighted by atomic mass is 32.2. The van der Waals surface area contributed by atoms with Crippen molar-refractivity contribution < 1.29 is 22.7 Å². The minimum Gasteiger partial charge on any atom is -0.461 e. The van der Waals surface area contributed by atoms with Crippen molar-refractivity contribution in [2.75, 3.05) is 25.0 Å². The molecule has 0 unspecified atom stereocenters. The molecule has 1 aromatic heterocycles. The van der Waals surface area contributed by atoms with Gasteiger partial charge in [0.2, 0.25) is 21.6 Å². The third kappa shape index (κ3) is 4.69. The molecule has 1 N–H and O–H groups in total. The van der Waals surface area contributed by atoms with Gasteiger partial charge in [0.15, 0.2) is 5.00 Å². The first-order valence-electron chi connectivity index (χ1n) is 10.8. The Morgan fingerprint density at radius 1 is 1.19 bits per heavy atom. The Morgan fingerprint density at radius 2 is 1.91 bits per heavy atom. The molecule has 0 saturated carbocycles. The van der Waals surface area contributed by atoms with Gasteiger partial charge >= 0.3 is 5.97 Å². The van der Waals surface area contributed by atoms with Gasteiger partial charge in [0.1, 0.15) is 0 Å². The Bertz CT molecular complexity index is 1110. The van der Waals surface area contributed by atoms with E-state index in [1.165, 1.54) is 9.87 Å². The summed E-state index contributed by atoms with van der Waals surface area (Å²) < 4.78 is 36.4. The normalized spacial score (nSPS) is 17.5. The number of carbonyl (C=O) groups excluding carboxylic acids is 2.